The number of carbonyl (C=O) groups excluding carboxylic acids is 2. The van der Waals surface area contributed by atoms with E-state index < -0.39 is 0 Å². The van der Waals surface area contributed by atoms with E-state index in [4.69, 9.17) is 14.2 Å². The van der Waals surface area contributed by atoms with Gasteiger partial charge in [-0.15, -0.1) is 0 Å². The Hall–Kier alpha value is -3.22. The van der Waals surface area contributed by atoms with Crippen molar-refractivity contribution in [3.05, 3.63) is 47.5 Å². The second-order valence-corrected chi connectivity index (χ2v) is 7.43. The number of hydrogen-bond donors (Lipinski definition) is 1. The number of nitrogens with one attached hydrogen (secondary N) is 1. The van der Waals surface area contributed by atoms with Gasteiger partial charge in [0.05, 0.1) is 12.2 Å². The zero-order valence-electron chi connectivity index (χ0n) is 17.1. The lowest BCUT2D eigenvalue weighted by Gasteiger charge is -2.31. The SMILES string of the molecule is CC(=O)NCCOc1cccc2c1N(C(=O)CCc1ccc3c(c1)OCO3)CCC2. The number of nitrogens with zero attached hydrogens (tertiary/aromatic N) is 1. The highest BCUT2D eigenvalue weighted by Crippen LogP contribution is 2.37. The third-order valence-electron chi connectivity index (χ3n) is 5.28. The fourth-order valence-electron chi connectivity index (χ4n) is 3.85. The molecule has 0 aromatic heterocycles. The molecule has 0 bridgehead atoms. The molecule has 7 nitrogen and oxygen atoms in total. The standard InChI is InChI=1S/C23H26N2O5/c1-16(26)24-11-13-28-20-6-2-4-18-5-3-12-25(23(18)20)22(27)10-8-17-7-9-19-21(14-17)30-15-29-19/h2,4,6-7,9,14H,3,5,8,10-13,15H2,1H3,(H,24,26). The molecule has 0 saturated carbocycles. The molecular weight excluding hydrogens is 384 g/mol. The van der Waals surface area contributed by atoms with E-state index in [0.29, 0.717) is 38.3 Å². The van der Waals surface area contributed by atoms with E-state index in [0.717, 1.165) is 41.2 Å². The van der Waals surface area contributed by atoms with Gasteiger partial charge in [-0.05, 0) is 48.6 Å². The summed E-state index contributed by atoms with van der Waals surface area (Å²) in [7, 11) is 0. The van der Waals surface area contributed by atoms with Gasteiger partial charge in [0.25, 0.3) is 0 Å². The van der Waals surface area contributed by atoms with Crippen LogP contribution >= 0.6 is 0 Å². The van der Waals surface area contributed by atoms with Crippen molar-refractivity contribution >= 4 is 17.5 Å². The fraction of sp³-hybridized carbons (Fsp3) is 0.391. The van der Waals surface area contributed by atoms with Crippen molar-refractivity contribution in [3.8, 4) is 17.2 Å². The van der Waals surface area contributed by atoms with E-state index in [1.807, 2.05) is 41.3 Å². The molecule has 0 atom stereocenters. The average Bonchev–Trinajstić information content (AvgIpc) is 3.22. The summed E-state index contributed by atoms with van der Waals surface area (Å²) in [5.74, 6) is 2.16. The maximum atomic E-state index is 13.1. The van der Waals surface area contributed by atoms with Gasteiger partial charge in [-0.25, -0.2) is 0 Å². The van der Waals surface area contributed by atoms with Crippen molar-refractivity contribution in [1.29, 1.82) is 0 Å². The molecular formula is C23H26N2O5. The largest absolute Gasteiger partial charge is 0.490 e. The van der Waals surface area contributed by atoms with Crippen molar-refractivity contribution in [3.63, 3.8) is 0 Å². The summed E-state index contributed by atoms with van der Waals surface area (Å²) in [6.07, 6.45) is 2.88. The Morgan fingerprint density at radius 3 is 2.90 bits per heavy atom. The Labute approximate surface area is 175 Å². The van der Waals surface area contributed by atoms with Crippen LogP contribution in [0.4, 0.5) is 5.69 Å². The van der Waals surface area contributed by atoms with Crippen molar-refractivity contribution in [2.75, 3.05) is 31.4 Å². The first kappa shape index (κ1) is 20.1. The number of ether oxygens (including phenoxy) is 3. The van der Waals surface area contributed by atoms with Gasteiger partial charge in [-0.2, -0.15) is 0 Å². The minimum absolute atomic E-state index is 0.0755. The van der Waals surface area contributed by atoms with Gasteiger partial charge in [0.2, 0.25) is 18.6 Å². The molecule has 4 rings (SSSR count). The molecule has 2 heterocycles. The Kier molecular flexibility index (Phi) is 6.07. The van der Waals surface area contributed by atoms with E-state index in [-0.39, 0.29) is 18.6 Å². The summed E-state index contributed by atoms with van der Waals surface area (Å²) in [6, 6.07) is 11.7. The van der Waals surface area contributed by atoms with E-state index in [1.165, 1.54) is 6.92 Å². The zero-order valence-corrected chi connectivity index (χ0v) is 17.1. The molecule has 2 aromatic rings. The van der Waals surface area contributed by atoms with Gasteiger partial charge in [-0.3, -0.25) is 9.59 Å². The minimum Gasteiger partial charge on any atom is -0.490 e. The highest BCUT2D eigenvalue weighted by molar-refractivity contribution is 5.96. The molecule has 7 heteroatoms. The van der Waals surface area contributed by atoms with Crippen LogP contribution < -0.4 is 24.4 Å². The zero-order chi connectivity index (χ0) is 20.9. The Morgan fingerprint density at radius 2 is 2.03 bits per heavy atom. The number of benzene rings is 2. The van der Waals surface area contributed by atoms with Crippen LogP contribution in [-0.2, 0) is 22.4 Å². The maximum absolute atomic E-state index is 13.1. The van der Waals surface area contributed by atoms with Crippen molar-refractivity contribution in [1.82, 2.24) is 5.32 Å². The molecule has 0 aliphatic carbocycles. The van der Waals surface area contributed by atoms with Gasteiger partial charge >= 0.3 is 0 Å². The number of rotatable bonds is 7. The predicted octanol–water partition coefficient (Wildman–Crippen LogP) is 2.84. The first-order valence-electron chi connectivity index (χ1n) is 10.3. The number of carbonyl (C=O) groups is 2. The van der Waals surface area contributed by atoms with Crippen LogP contribution in [0.3, 0.4) is 0 Å². The minimum atomic E-state index is -0.0889. The van der Waals surface area contributed by atoms with Crippen LogP contribution in [-0.4, -0.2) is 38.3 Å². The van der Waals surface area contributed by atoms with E-state index in [9.17, 15) is 9.59 Å². The molecule has 0 unspecified atom stereocenters. The lowest BCUT2D eigenvalue weighted by atomic mass is 10.00. The van der Waals surface area contributed by atoms with Gasteiger partial charge in [-0.1, -0.05) is 18.2 Å². The molecule has 0 fully saturated rings. The monoisotopic (exact) mass is 410 g/mol. The van der Waals surface area contributed by atoms with Gasteiger partial charge in [0, 0.05) is 19.9 Å². The summed E-state index contributed by atoms with van der Waals surface area (Å²) in [6.45, 7) is 3.18. The van der Waals surface area contributed by atoms with Gasteiger partial charge in [0.15, 0.2) is 11.5 Å². The predicted molar refractivity (Wildman–Crippen MR) is 112 cm³/mol. The molecule has 0 saturated heterocycles. The highest BCUT2D eigenvalue weighted by Gasteiger charge is 2.26. The van der Waals surface area contributed by atoms with Crippen LogP contribution in [0.15, 0.2) is 36.4 Å². The van der Waals surface area contributed by atoms with Crippen molar-refractivity contribution in [2.24, 2.45) is 0 Å². The molecule has 2 aromatic carbocycles. The summed E-state index contributed by atoms with van der Waals surface area (Å²) in [5, 5.41) is 2.72. The van der Waals surface area contributed by atoms with Crippen molar-refractivity contribution in [2.45, 2.75) is 32.6 Å². The molecule has 30 heavy (non-hydrogen) atoms. The summed E-state index contributed by atoms with van der Waals surface area (Å²) in [4.78, 5) is 26.0. The number of fused-ring (bicyclic) bond motifs is 2. The molecule has 0 radical (unpaired) electrons. The van der Waals surface area contributed by atoms with E-state index >= 15 is 0 Å². The maximum Gasteiger partial charge on any atom is 0.231 e. The molecule has 158 valence electrons. The van der Waals surface area contributed by atoms with E-state index in [1.54, 1.807) is 0 Å². The Balaban J connectivity index is 1.43. The second-order valence-electron chi connectivity index (χ2n) is 7.43. The van der Waals surface area contributed by atoms with Crippen molar-refractivity contribution < 1.29 is 23.8 Å². The Morgan fingerprint density at radius 1 is 1.17 bits per heavy atom. The van der Waals surface area contributed by atoms with Crippen LogP contribution in [0.5, 0.6) is 17.2 Å². The molecule has 2 amide bonds. The number of para-hydroxylation sites is 1. The molecule has 0 spiro atoms. The molecule has 2 aliphatic heterocycles. The number of aryl methyl sites for hydroxylation is 2. The first-order chi connectivity index (χ1) is 14.6. The van der Waals surface area contributed by atoms with Gasteiger partial charge in [0.1, 0.15) is 12.4 Å². The average molecular weight is 410 g/mol. The lowest BCUT2D eigenvalue weighted by Crippen LogP contribution is -2.36. The third-order valence-corrected chi connectivity index (χ3v) is 5.28. The second kappa shape index (κ2) is 9.07. The highest BCUT2D eigenvalue weighted by atomic mass is 16.7. The number of amides is 2. The van der Waals surface area contributed by atoms with E-state index in [2.05, 4.69) is 5.32 Å². The number of anilines is 1. The summed E-state index contributed by atoms with van der Waals surface area (Å²) in [5.41, 5.74) is 3.03. The molecule has 2 aliphatic rings. The summed E-state index contributed by atoms with van der Waals surface area (Å²) >= 11 is 0. The topological polar surface area (TPSA) is 77.1 Å². The lowest BCUT2D eigenvalue weighted by molar-refractivity contribution is -0.119. The number of hydrogen-bond acceptors (Lipinski definition) is 5. The normalized spacial score (nSPS) is 14.2. The third kappa shape index (κ3) is 4.50. The first-order valence-corrected chi connectivity index (χ1v) is 10.3. The van der Waals surface area contributed by atoms with Crippen LogP contribution in [0.25, 0.3) is 0 Å². The summed E-state index contributed by atoms with van der Waals surface area (Å²) < 4.78 is 16.7. The van der Waals surface area contributed by atoms with Gasteiger partial charge < -0.3 is 24.4 Å². The van der Waals surface area contributed by atoms with Crippen LogP contribution in [0, 0.1) is 0 Å². The quantitative estimate of drug-likeness (QED) is 0.711. The van der Waals surface area contributed by atoms with Crippen LogP contribution in [0.2, 0.25) is 0 Å². The van der Waals surface area contributed by atoms with Crippen LogP contribution in [0.1, 0.15) is 30.9 Å². The smallest absolute Gasteiger partial charge is 0.231 e. The molecule has 1 N–H and O–H groups in total. The fourth-order valence-corrected chi connectivity index (χ4v) is 3.85. The Bertz CT molecular complexity index is 943.